The first-order valence-corrected chi connectivity index (χ1v) is 8.46. The molecule has 0 unspecified atom stereocenters. The lowest BCUT2D eigenvalue weighted by atomic mass is 9.62. The SMILES string of the molecule is C[C@@H](NC1CC(C#N)(c2ccccc2)C1)C1CCCCC1. The van der Waals surface area contributed by atoms with Crippen LogP contribution >= 0.6 is 0 Å². The predicted molar refractivity (Wildman–Crippen MR) is 85.9 cm³/mol. The number of nitriles is 1. The van der Waals surface area contributed by atoms with E-state index in [4.69, 9.17) is 0 Å². The number of hydrogen-bond acceptors (Lipinski definition) is 2. The van der Waals surface area contributed by atoms with Gasteiger partial charge in [-0.15, -0.1) is 0 Å². The van der Waals surface area contributed by atoms with E-state index in [9.17, 15) is 5.26 Å². The van der Waals surface area contributed by atoms with E-state index < -0.39 is 0 Å². The van der Waals surface area contributed by atoms with Crippen molar-refractivity contribution in [1.82, 2.24) is 5.32 Å². The summed E-state index contributed by atoms with van der Waals surface area (Å²) in [4.78, 5) is 0. The molecule has 2 saturated carbocycles. The minimum atomic E-state index is -0.245. The zero-order valence-corrected chi connectivity index (χ0v) is 13.0. The molecular formula is C19H26N2. The molecular weight excluding hydrogens is 256 g/mol. The Labute approximate surface area is 128 Å². The second-order valence-electron chi connectivity index (χ2n) is 7.02. The molecule has 2 heteroatoms. The minimum absolute atomic E-state index is 0.245. The van der Waals surface area contributed by atoms with E-state index >= 15 is 0 Å². The van der Waals surface area contributed by atoms with Crippen LogP contribution in [0.5, 0.6) is 0 Å². The monoisotopic (exact) mass is 282 g/mol. The van der Waals surface area contributed by atoms with E-state index in [0.29, 0.717) is 12.1 Å². The topological polar surface area (TPSA) is 35.8 Å². The van der Waals surface area contributed by atoms with Gasteiger partial charge in [0.05, 0.1) is 11.5 Å². The zero-order valence-electron chi connectivity index (χ0n) is 13.0. The average molecular weight is 282 g/mol. The Kier molecular flexibility index (Phi) is 4.31. The van der Waals surface area contributed by atoms with Gasteiger partial charge in [-0.2, -0.15) is 5.26 Å². The lowest BCUT2D eigenvalue weighted by Gasteiger charge is -2.45. The highest BCUT2D eigenvalue weighted by molar-refractivity contribution is 5.36. The van der Waals surface area contributed by atoms with E-state index in [1.54, 1.807) is 0 Å². The summed E-state index contributed by atoms with van der Waals surface area (Å²) in [6, 6.07) is 14.0. The summed E-state index contributed by atoms with van der Waals surface area (Å²) in [5.41, 5.74) is 0.946. The van der Waals surface area contributed by atoms with Crippen LogP contribution in [0.25, 0.3) is 0 Å². The van der Waals surface area contributed by atoms with Gasteiger partial charge >= 0.3 is 0 Å². The van der Waals surface area contributed by atoms with Gasteiger partial charge in [-0.05, 0) is 44.1 Å². The number of hydrogen-bond donors (Lipinski definition) is 1. The number of nitrogens with one attached hydrogen (secondary N) is 1. The Balaban J connectivity index is 1.56. The summed E-state index contributed by atoms with van der Waals surface area (Å²) in [5, 5.41) is 13.4. The highest BCUT2D eigenvalue weighted by atomic mass is 15.0. The van der Waals surface area contributed by atoms with E-state index in [0.717, 1.165) is 18.8 Å². The van der Waals surface area contributed by atoms with Gasteiger partial charge in [-0.3, -0.25) is 0 Å². The van der Waals surface area contributed by atoms with Crippen molar-refractivity contribution in [3.8, 4) is 6.07 Å². The van der Waals surface area contributed by atoms with Crippen LogP contribution in [0.1, 0.15) is 57.4 Å². The standard InChI is InChI=1S/C19H26N2/c1-15(16-8-4-2-5-9-16)21-18-12-19(13-18,14-20)17-10-6-3-7-11-17/h3,6-7,10-11,15-16,18,21H,2,4-5,8-9,12-13H2,1H3/t15-,18?,19?/m1/s1. The molecule has 112 valence electrons. The van der Waals surface area contributed by atoms with Gasteiger partial charge in [0, 0.05) is 12.1 Å². The van der Waals surface area contributed by atoms with Crippen LogP contribution in [0.3, 0.4) is 0 Å². The van der Waals surface area contributed by atoms with Crippen LogP contribution in [0.2, 0.25) is 0 Å². The minimum Gasteiger partial charge on any atom is -0.311 e. The molecule has 0 amide bonds. The van der Waals surface area contributed by atoms with Crippen LogP contribution < -0.4 is 5.32 Å². The molecule has 2 aliphatic rings. The number of nitrogens with zero attached hydrogens (tertiary/aromatic N) is 1. The molecule has 0 heterocycles. The number of rotatable bonds is 4. The Hall–Kier alpha value is -1.33. The first-order valence-electron chi connectivity index (χ1n) is 8.46. The second kappa shape index (κ2) is 6.20. The van der Waals surface area contributed by atoms with E-state index in [1.807, 2.05) is 18.2 Å². The fraction of sp³-hybridized carbons (Fsp3) is 0.632. The Morgan fingerprint density at radius 3 is 2.43 bits per heavy atom. The van der Waals surface area contributed by atoms with Gasteiger partial charge in [0.2, 0.25) is 0 Å². The fourth-order valence-corrected chi connectivity index (χ4v) is 4.19. The summed E-state index contributed by atoms with van der Waals surface area (Å²) >= 11 is 0. The van der Waals surface area contributed by atoms with Gasteiger partial charge in [-0.1, -0.05) is 49.6 Å². The van der Waals surface area contributed by atoms with Crippen molar-refractivity contribution in [1.29, 1.82) is 5.26 Å². The van der Waals surface area contributed by atoms with Crippen LogP contribution in [-0.4, -0.2) is 12.1 Å². The average Bonchev–Trinajstić information content (AvgIpc) is 2.52. The van der Waals surface area contributed by atoms with Crippen molar-refractivity contribution in [3.05, 3.63) is 35.9 Å². The van der Waals surface area contributed by atoms with Crippen LogP contribution in [0.15, 0.2) is 30.3 Å². The summed E-state index contributed by atoms with van der Waals surface area (Å²) in [7, 11) is 0. The van der Waals surface area contributed by atoms with Gasteiger partial charge in [0.1, 0.15) is 0 Å². The molecule has 0 radical (unpaired) electrons. The van der Waals surface area contributed by atoms with E-state index in [-0.39, 0.29) is 5.41 Å². The van der Waals surface area contributed by atoms with Crippen molar-refractivity contribution in [2.75, 3.05) is 0 Å². The lowest BCUT2D eigenvalue weighted by Crippen LogP contribution is -2.54. The molecule has 0 aromatic heterocycles. The Morgan fingerprint density at radius 1 is 1.14 bits per heavy atom. The summed E-state index contributed by atoms with van der Waals surface area (Å²) in [6.07, 6.45) is 8.89. The van der Waals surface area contributed by atoms with E-state index in [2.05, 4.69) is 30.4 Å². The third-order valence-corrected chi connectivity index (χ3v) is 5.59. The highest BCUT2D eigenvalue weighted by Gasteiger charge is 2.46. The van der Waals surface area contributed by atoms with Gasteiger partial charge < -0.3 is 5.32 Å². The quantitative estimate of drug-likeness (QED) is 0.899. The molecule has 2 fully saturated rings. The molecule has 0 saturated heterocycles. The smallest absolute Gasteiger partial charge is 0.0852 e. The summed E-state index contributed by atoms with van der Waals surface area (Å²) < 4.78 is 0. The molecule has 21 heavy (non-hydrogen) atoms. The van der Waals surface area contributed by atoms with Crippen molar-refractivity contribution in [3.63, 3.8) is 0 Å². The van der Waals surface area contributed by atoms with Crippen molar-refractivity contribution < 1.29 is 0 Å². The Bertz CT molecular complexity index is 490. The van der Waals surface area contributed by atoms with Gasteiger partial charge in [0.15, 0.2) is 0 Å². The summed E-state index contributed by atoms with van der Waals surface area (Å²) in [5.74, 6) is 0.840. The van der Waals surface area contributed by atoms with Crippen molar-refractivity contribution in [2.24, 2.45) is 5.92 Å². The molecule has 1 atom stereocenters. The van der Waals surface area contributed by atoms with Crippen LogP contribution in [0.4, 0.5) is 0 Å². The molecule has 0 aliphatic heterocycles. The van der Waals surface area contributed by atoms with E-state index in [1.165, 1.54) is 37.7 Å². The maximum atomic E-state index is 9.61. The third-order valence-electron chi connectivity index (χ3n) is 5.59. The summed E-state index contributed by atoms with van der Waals surface area (Å²) in [6.45, 7) is 2.34. The third kappa shape index (κ3) is 2.99. The number of benzene rings is 1. The lowest BCUT2D eigenvalue weighted by molar-refractivity contribution is 0.178. The van der Waals surface area contributed by atoms with Gasteiger partial charge in [0.25, 0.3) is 0 Å². The molecule has 1 aromatic rings. The maximum absolute atomic E-state index is 9.61. The van der Waals surface area contributed by atoms with Crippen molar-refractivity contribution in [2.45, 2.75) is 69.4 Å². The molecule has 3 rings (SSSR count). The maximum Gasteiger partial charge on any atom is 0.0852 e. The normalized spacial score (nSPS) is 31.1. The largest absolute Gasteiger partial charge is 0.311 e. The molecule has 1 N–H and O–H groups in total. The molecule has 1 aromatic carbocycles. The molecule has 2 aliphatic carbocycles. The Morgan fingerprint density at radius 2 is 1.81 bits per heavy atom. The fourth-order valence-electron chi connectivity index (χ4n) is 4.19. The van der Waals surface area contributed by atoms with Gasteiger partial charge in [-0.25, -0.2) is 0 Å². The van der Waals surface area contributed by atoms with Crippen LogP contribution in [0, 0.1) is 17.2 Å². The first-order chi connectivity index (χ1) is 10.2. The van der Waals surface area contributed by atoms with Crippen molar-refractivity contribution >= 4 is 0 Å². The highest BCUT2D eigenvalue weighted by Crippen LogP contribution is 2.43. The molecule has 0 spiro atoms. The second-order valence-corrected chi connectivity index (χ2v) is 7.02. The zero-order chi connectivity index (χ0) is 14.7. The first kappa shape index (κ1) is 14.6. The molecule has 0 bridgehead atoms. The molecule has 2 nitrogen and oxygen atoms in total. The predicted octanol–water partition coefficient (Wildman–Crippen LogP) is 4.17. The van der Waals surface area contributed by atoms with Crippen LogP contribution in [-0.2, 0) is 5.41 Å².